The smallest absolute Gasteiger partial charge is 0.0991 e. The second-order valence-corrected chi connectivity index (χ2v) is 4.16. The van der Waals surface area contributed by atoms with Crippen molar-refractivity contribution in [3.63, 3.8) is 0 Å². The fraction of sp³-hybridized carbons (Fsp3) is 0.400. The molecule has 0 aliphatic heterocycles. The molecule has 0 aliphatic carbocycles. The highest BCUT2D eigenvalue weighted by Gasteiger charge is 2.01. The highest BCUT2D eigenvalue weighted by atomic mass is 16.3. The van der Waals surface area contributed by atoms with Crippen molar-refractivity contribution in [3.8, 4) is 6.07 Å². The van der Waals surface area contributed by atoms with Crippen LogP contribution >= 0.6 is 0 Å². The van der Waals surface area contributed by atoms with Gasteiger partial charge in [-0.15, -0.1) is 0 Å². The summed E-state index contributed by atoms with van der Waals surface area (Å²) in [7, 11) is 0. The molecule has 3 heteroatoms. The molecule has 0 radical (unpaired) electrons. The van der Waals surface area contributed by atoms with Gasteiger partial charge >= 0.3 is 0 Å². The molecule has 18 heavy (non-hydrogen) atoms. The SMILES string of the molecule is CCC(CCO)NC/C=C/c1ccc(C#N)cc1. The lowest BCUT2D eigenvalue weighted by atomic mass is 10.1. The highest BCUT2D eigenvalue weighted by Crippen LogP contribution is 2.05. The number of benzene rings is 1. The van der Waals surface area contributed by atoms with Crippen LogP contribution in [0.3, 0.4) is 0 Å². The monoisotopic (exact) mass is 244 g/mol. The second-order valence-electron chi connectivity index (χ2n) is 4.16. The minimum atomic E-state index is 0.227. The molecule has 3 nitrogen and oxygen atoms in total. The van der Waals surface area contributed by atoms with Crippen LogP contribution in [0.5, 0.6) is 0 Å². The lowest BCUT2D eigenvalue weighted by molar-refractivity contribution is 0.264. The third kappa shape index (κ3) is 5.13. The Morgan fingerprint density at radius 3 is 2.67 bits per heavy atom. The zero-order valence-electron chi connectivity index (χ0n) is 10.8. The van der Waals surface area contributed by atoms with Gasteiger partial charge in [0.15, 0.2) is 0 Å². The topological polar surface area (TPSA) is 56.0 Å². The molecule has 0 saturated carbocycles. The maximum atomic E-state index is 8.87. The fourth-order valence-electron chi connectivity index (χ4n) is 1.70. The molecular weight excluding hydrogens is 224 g/mol. The number of hydrogen-bond acceptors (Lipinski definition) is 3. The zero-order valence-corrected chi connectivity index (χ0v) is 10.8. The number of rotatable bonds is 7. The Balaban J connectivity index is 2.37. The number of aliphatic hydroxyl groups excluding tert-OH is 1. The molecule has 0 amide bonds. The van der Waals surface area contributed by atoms with Crippen molar-refractivity contribution >= 4 is 6.08 Å². The first kappa shape index (κ1) is 14.4. The third-order valence-electron chi connectivity index (χ3n) is 2.84. The van der Waals surface area contributed by atoms with Crippen LogP contribution in [0.2, 0.25) is 0 Å². The minimum Gasteiger partial charge on any atom is -0.396 e. The summed E-state index contributed by atoms with van der Waals surface area (Å²) in [6.45, 7) is 3.13. The molecule has 1 unspecified atom stereocenters. The Morgan fingerprint density at radius 1 is 1.39 bits per heavy atom. The van der Waals surface area contributed by atoms with Gasteiger partial charge < -0.3 is 10.4 Å². The van der Waals surface area contributed by atoms with Crippen LogP contribution in [0, 0.1) is 11.3 Å². The molecule has 1 atom stereocenters. The Bertz CT molecular complexity index is 403. The Hall–Kier alpha value is -1.63. The second kappa shape index (κ2) is 8.46. The molecule has 96 valence electrons. The van der Waals surface area contributed by atoms with E-state index in [-0.39, 0.29) is 6.61 Å². The Morgan fingerprint density at radius 2 is 2.11 bits per heavy atom. The van der Waals surface area contributed by atoms with E-state index in [4.69, 9.17) is 10.4 Å². The molecule has 2 N–H and O–H groups in total. The van der Waals surface area contributed by atoms with Crippen LogP contribution in [0.1, 0.15) is 30.9 Å². The molecule has 0 fully saturated rings. The average molecular weight is 244 g/mol. The number of nitriles is 1. The molecule has 0 spiro atoms. The molecular formula is C15H20N2O. The van der Waals surface area contributed by atoms with Gasteiger partial charge in [-0.05, 0) is 30.5 Å². The number of nitrogens with zero attached hydrogens (tertiary/aromatic N) is 1. The summed E-state index contributed by atoms with van der Waals surface area (Å²) in [4.78, 5) is 0. The quantitative estimate of drug-likeness (QED) is 0.774. The number of hydrogen-bond donors (Lipinski definition) is 2. The molecule has 1 rings (SSSR count). The van der Waals surface area contributed by atoms with Gasteiger partial charge in [0.25, 0.3) is 0 Å². The van der Waals surface area contributed by atoms with Gasteiger partial charge in [-0.1, -0.05) is 31.2 Å². The van der Waals surface area contributed by atoms with Gasteiger partial charge in [-0.3, -0.25) is 0 Å². The predicted molar refractivity (Wildman–Crippen MR) is 74.0 cm³/mol. The largest absolute Gasteiger partial charge is 0.396 e. The van der Waals surface area contributed by atoms with E-state index in [0.29, 0.717) is 11.6 Å². The molecule has 1 aromatic rings. The predicted octanol–water partition coefficient (Wildman–Crippen LogP) is 2.32. The molecule has 0 saturated heterocycles. The molecule has 0 heterocycles. The van der Waals surface area contributed by atoms with Crippen LogP contribution in [0.4, 0.5) is 0 Å². The molecule has 0 aromatic heterocycles. The first-order valence-corrected chi connectivity index (χ1v) is 6.31. The van der Waals surface area contributed by atoms with Crippen molar-refractivity contribution in [2.75, 3.05) is 13.2 Å². The van der Waals surface area contributed by atoms with Crippen LogP contribution < -0.4 is 5.32 Å². The summed E-state index contributed by atoms with van der Waals surface area (Å²) in [5, 5.41) is 20.9. The van der Waals surface area contributed by atoms with Crippen LogP contribution in [0.15, 0.2) is 30.3 Å². The zero-order chi connectivity index (χ0) is 13.2. The maximum absolute atomic E-state index is 8.87. The first-order valence-electron chi connectivity index (χ1n) is 6.31. The lowest BCUT2D eigenvalue weighted by Crippen LogP contribution is -2.29. The Kier molecular flexibility index (Phi) is 6.78. The van der Waals surface area contributed by atoms with Crippen molar-refractivity contribution in [2.24, 2.45) is 0 Å². The van der Waals surface area contributed by atoms with Gasteiger partial charge in [0.1, 0.15) is 0 Å². The van der Waals surface area contributed by atoms with Gasteiger partial charge in [0.2, 0.25) is 0 Å². The Labute approximate surface area is 109 Å². The van der Waals surface area contributed by atoms with E-state index < -0.39 is 0 Å². The summed E-state index contributed by atoms with van der Waals surface area (Å²) in [6, 6.07) is 9.96. The number of nitrogens with one attached hydrogen (secondary N) is 1. The average Bonchev–Trinajstić information content (AvgIpc) is 2.43. The standard InChI is InChI=1S/C15H20N2O/c1-2-15(9-11-18)17-10-3-4-13-5-7-14(12-16)8-6-13/h3-8,15,17-18H,2,9-11H2,1H3/b4-3+. The van der Waals surface area contributed by atoms with Crippen LogP contribution in [-0.4, -0.2) is 24.3 Å². The van der Waals surface area contributed by atoms with E-state index in [9.17, 15) is 0 Å². The van der Waals surface area contributed by atoms with Crippen molar-refractivity contribution in [3.05, 3.63) is 41.5 Å². The summed E-state index contributed by atoms with van der Waals surface area (Å²) in [5.41, 5.74) is 1.77. The van der Waals surface area contributed by atoms with E-state index >= 15 is 0 Å². The lowest BCUT2D eigenvalue weighted by Gasteiger charge is -2.13. The van der Waals surface area contributed by atoms with Crippen LogP contribution in [0.25, 0.3) is 6.08 Å². The maximum Gasteiger partial charge on any atom is 0.0991 e. The molecule has 0 bridgehead atoms. The first-order chi connectivity index (χ1) is 8.80. The number of aliphatic hydroxyl groups is 1. The van der Waals surface area contributed by atoms with Crippen molar-refractivity contribution in [2.45, 2.75) is 25.8 Å². The van der Waals surface area contributed by atoms with Crippen LogP contribution in [-0.2, 0) is 0 Å². The molecule has 0 aliphatic rings. The fourth-order valence-corrected chi connectivity index (χ4v) is 1.70. The van der Waals surface area contributed by atoms with Crippen molar-refractivity contribution in [1.82, 2.24) is 5.32 Å². The summed E-state index contributed by atoms with van der Waals surface area (Å²) in [6.07, 6.45) is 5.90. The van der Waals surface area contributed by atoms with E-state index in [0.717, 1.165) is 24.9 Å². The van der Waals surface area contributed by atoms with Gasteiger partial charge in [-0.2, -0.15) is 5.26 Å². The van der Waals surface area contributed by atoms with Crippen molar-refractivity contribution in [1.29, 1.82) is 5.26 Å². The van der Waals surface area contributed by atoms with E-state index in [1.165, 1.54) is 0 Å². The van der Waals surface area contributed by atoms with Gasteiger partial charge in [0, 0.05) is 19.2 Å². The van der Waals surface area contributed by atoms with E-state index in [1.54, 1.807) is 0 Å². The minimum absolute atomic E-state index is 0.227. The summed E-state index contributed by atoms with van der Waals surface area (Å²) in [5.74, 6) is 0. The normalized spacial score (nSPS) is 12.5. The highest BCUT2D eigenvalue weighted by molar-refractivity contribution is 5.51. The summed E-state index contributed by atoms with van der Waals surface area (Å²) < 4.78 is 0. The van der Waals surface area contributed by atoms with Gasteiger partial charge in [0.05, 0.1) is 11.6 Å². The molecule has 1 aromatic carbocycles. The van der Waals surface area contributed by atoms with E-state index in [1.807, 2.05) is 30.3 Å². The van der Waals surface area contributed by atoms with E-state index in [2.05, 4.69) is 24.4 Å². The third-order valence-corrected chi connectivity index (χ3v) is 2.84. The van der Waals surface area contributed by atoms with Gasteiger partial charge in [-0.25, -0.2) is 0 Å². The summed E-state index contributed by atoms with van der Waals surface area (Å²) >= 11 is 0. The van der Waals surface area contributed by atoms with Crippen molar-refractivity contribution < 1.29 is 5.11 Å².